The van der Waals surface area contributed by atoms with Crippen molar-refractivity contribution in [2.24, 2.45) is 0 Å². The summed E-state index contributed by atoms with van der Waals surface area (Å²) in [6, 6.07) is -0.879. The van der Waals surface area contributed by atoms with Gasteiger partial charge in [0, 0.05) is 12.8 Å². The lowest BCUT2D eigenvalue weighted by atomic mass is 10.1. The fraction of sp³-hybridized carbons (Fsp3) is 0.763. The number of unbranched alkanes of at least 4 members (excludes halogenated alkanes) is 24. The normalized spacial score (nSPS) is 14.4. The van der Waals surface area contributed by atoms with E-state index in [1.165, 1.54) is 122 Å². The average Bonchev–Trinajstić information content (AvgIpc) is 3.31. The van der Waals surface area contributed by atoms with Crippen molar-refractivity contribution in [3.63, 3.8) is 0 Å². The Kier molecular flexibility index (Phi) is 47.2. The van der Waals surface area contributed by atoms with Crippen LogP contribution in [-0.2, 0) is 27.9 Å². The number of hydrogen-bond donors (Lipinski definition) is 2. The molecule has 9 nitrogen and oxygen atoms in total. The zero-order valence-corrected chi connectivity index (χ0v) is 46.4. The first kappa shape index (κ1) is 66.5. The van der Waals surface area contributed by atoms with Crippen LogP contribution in [0.4, 0.5) is 0 Å². The summed E-state index contributed by atoms with van der Waals surface area (Å²) in [5.41, 5.74) is 0. The second kappa shape index (κ2) is 49.0. The molecule has 3 atom stereocenters. The molecule has 0 bridgehead atoms. The highest BCUT2D eigenvalue weighted by Crippen LogP contribution is 2.43. The minimum Gasteiger partial charge on any atom is -0.456 e. The van der Waals surface area contributed by atoms with Gasteiger partial charge in [-0.25, -0.2) is 4.57 Å². The maximum absolute atomic E-state index is 13.5. The molecular weight excluding hydrogens is 880 g/mol. The van der Waals surface area contributed by atoms with Gasteiger partial charge in [0.25, 0.3) is 0 Å². The number of nitrogens with zero attached hydrogens (tertiary/aromatic N) is 1. The Morgan fingerprint density at radius 2 is 0.899 bits per heavy atom. The lowest BCUT2D eigenvalue weighted by Gasteiger charge is -2.27. The van der Waals surface area contributed by atoms with Crippen LogP contribution in [0.3, 0.4) is 0 Å². The van der Waals surface area contributed by atoms with E-state index in [-0.39, 0.29) is 31.5 Å². The number of phosphoric ester groups is 1. The quantitative estimate of drug-likeness (QED) is 0.0205. The Labute approximate surface area is 425 Å². The van der Waals surface area contributed by atoms with E-state index in [1.54, 1.807) is 0 Å². The highest BCUT2D eigenvalue weighted by molar-refractivity contribution is 7.47. The number of hydrogen-bond acceptors (Lipinski definition) is 6. The number of nitrogens with one attached hydrogen (secondary N) is 1. The average molecular weight is 988 g/mol. The van der Waals surface area contributed by atoms with E-state index in [0.29, 0.717) is 30.3 Å². The standard InChI is InChI=1S/C59H107N2O7P/c1-7-10-13-16-19-22-25-28-30-31-32-34-37-40-43-46-49-52-59(63)68-57(50-47-44-41-38-35-27-24-21-18-15-12-9-3)56(55-67-69(64,65)66-54-53-61(4,5)6)60-58(62)51-48-45-42-39-36-33-29-26-23-20-17-14-11-8-2/h19,22,28,30,32-34,36,40,43,47,50,56-57H,7-18,20-21,23-27,29,31,35,37-39,41-42,44-46,48-49,51-55H2,1-6H3,(H-,60,62,64,65)/p+1/b22-19-,30-28-,34-32-,36-33-,43-40-,50-47+. The third kappa shape index (κ3) is 50.2. The number of allylic oxidation sites excluding steroid dienone is 11. The van der Waals surface area contributed by atoms with Gasteiger partial charge >= 0.3 is 13.8 Å². The molecule has 1 amide bonds. The summed E-state index contributed by atoms with van der Waals surface area (Å²) in [6.45, 7) is 6.92. The smallest absolute Gasteiger partial charge is 0.456 e. The molecule has 0 spiro atoms. The number of quaternary nitrogens is 1. The van der Waals surface area contributed by atoms with Crippen LogP contribution in [0.2, 0.25) is 0 Å². The van der Waals surface area contributed by atoms with E-state index in [1.807, 2.05) is 33.3 Å². The zero-order valence-electron chi connectivity index (χ0n) is 45.5. The fourth-order valence-corrected chi connectivity index (χ4v) is 8.43. The maximum atomic E-state index is 13.5. The molecule has 0 aromatic heterocycles. The van der Waals surface area contributed by atoms with Gasteiger partial charge in [-0.3, -0.25) is 18.6 Å². The Hall–Kier alpha value is -2.55. The van der Waals surface area contributed by atoms with Crippen LogP contribution in [0.1, 0.15) is 239 Å². The molecule has 0 heterocycles. The number of likely N-dealkylation sites (N-methyl/N-ethyl adjacent to an activating group) is 1. The van der Waals surface area contributed by atoms with Crippen molar-refractivity contribution in [2.75, 3.05) is 40.9 Å². The van der Waals surface area contributed by atoms with Crippen molar-refractivity contribution < 1.29 is 37.3 Å². The monoisotopic (exact) mass is 988 g/mol. The maximum Gasteiger partial charge on any atom is 0.472 e. The first-order valence-electron chi connectivity index (χ1n) is 28.3. The van der Waals surface area contributed by atoms with Gasteiger partial charge < -0.3 is 19.4 Å². The van der Waals surface area contributed by atoms with E-state index >= 15 is 0 Å². The number of carbonyl (C=O) groups is 2. The largest absolute Gasteiger partial charge is 0.472 e. The Morgan fingerprint density at radius 1 is 0.507 bits per heavy atom. The number of amides is 1. The second-order valence-corrected chi connectivity index (χ2v) is 21.6. The molecule has 400 valence electrons. The zero-order chi connectivity index (χ0) is 50.8. The van der Waals surface area contributed by atoms with Crippen molar-refractivity contribution in [1.82, 2.24) is 5.32 Å². The number of carbonyl (C=O) groups excluding carboxylic acids is 2. The van der Waals surface area contributed by atoms with Gasteiger partial charge in [-0.2, -0.15) is 0 Å². The highest BCUT2D eigenvalue weighted by Gasteiger charge is 2.30. The van der Waals surface area contributed by atoms with E-state index < -0.39 is 20.0 Å². The lowest BCUT2D eigenvalue weighted by Crippen LogP contribution is -2.47. The Bertz CT molecular complexity index is 1420. The van der Waals surface area contributed by atoms with Gasteiger partial charge in [0.15, 0.2) is 0 Å². The molecule has 3 unspecified atom stereocenters. The fourth-order valence-electron chi connectivity index (χ4n) is 7.69. The minimum atomic E-state index is -4.46. The molecule has 0 saturated heterocycles. The second-order valence-electron chi connectivity index (χ2n) is 20.1. The SMILES string of the molecule is CCCCC/C=C\C/C=C\C/C=C\C/C=C\CCCC(=O)OC(/C=C/CCCCCCCCCCCC)C(COP(=O)(O)OCC[N+](C)(C)C)NC(=O)CCCCC/C=C\CCCCCCCCC. The molecule has 0 radical (unpaired) electrons. The van der Waals surface area contributed by atoms with E-state index in [9.17, 15) is 19.0 Å². The van der Waals surface area contributed by atoms with Crippen LogP contribution >= 0.6 is 7.82 Å². The summed E-state index contributed by atoms with van der Waals surface area (Å²) in [4.78, 5) is 37.5. The summed E-state index contributed by atoms with van der Waals surface area (Å²) in [5, 5.41) is 3.02. The van der Waals surface area contributed by atoms with Crippen molar-refractivity contribution in [2.45, 2.75) is 251 Å². The summed E-state index contributed by atoms with van der Waals surface area (Å²) >= 11 is 0. The van der Waals surface area contributed by atoms with Crippen LogP contribution in [0.15, 0.2) is 72.9 Å². The number of rotatable bonds is 50. The molecule has 2 N–H and O–H groups in total. The predicted octanol–water partition coefficient (Wildman–Crippen LogP) is 16.9. The van der Waals surface area contributed by atoms with Crippen LogP contribution in [-0.4, -0.2) is 74.3 Å². The minimum absolute atomic E-state index is 0.0270. The van der Waals surface area contributed by atoms with Gasteiger partial charge in [-0.05, 0) is 96.0 Å². The molecule has 10 heteroatoms. The lowest BCUT2D eigenvalue weighted by molar-refractivity contribution is -0.870. The number of esters is 1. The third-order valence-corrected chi connectivity index (χ3v) is 13.1. The topological polar surface area (TPSA) is 111 Å². The molecule has 0 rings (SSSR count). The molecule has 0 aliphatic heterocycles. The summed E-state index contributed by atoms with van der Waals surface area (Å²) in [7, 11) is 1.45. The van der Waals surface area contributed by atoms with Gasteiger partial charge in [-0.15, -0.1) is 0 Å². The van der Waals surface area contributed by atoms with Gasteiger partial charge in [0.2, 0.25) is 5.91 Å². The van der Waals surface area contributed by atoms with Gasteiger partial charge in [-0.1, -0.05) is 203 Å². The molecule has 0 saturated carbocycles. The Morgan fingerprint density at radius 3 is 1.39 bits per heavy atom. The summed E-state index contributed by atoms with van der Waals surface area (Å²) < 4.78 is 30.5. The van der Waals surface area contributed by atoms with Crippen molar-refractivity contribution in [1.29, 1.82) is 0 Å². The first-order valence-corrected chi connectivity index (χ1v) is 29.8. The number of phosphoric acid groups is 1. The summed E-state index contributed by atoms with van der Waals surface area (Å²) in [6.07, 6.45) is 61.9. The highest BCUT2D eigenvalue weighted by atomic mass is 31.2. The predicted molar refractivity (Wildman–Crippen MR) is 295 cm³/mol. The Balaban J connectivity index is 5.49. The van der Waals surface area contributed by atoms with Crippen LogP contribution < -0.4 is 5.32 Å². The van der Waals surface area contributed by atoms with E-state index in [2.05, 4.69) is 86.8 Å². The van der Waals surface area contributed by atoms with E-state index in [0.717, 1.165) is 70.6 Å². The van der Waals surface area contributed by atoms with E-state index in [4.69, 9.17) is 13.8 Å². The molecule has 0 aliphatic rings. The molecular formula is C59H108N2O7P+. The summed E-state index contributed by atoms with van der Waals surface area (Å²) in [5.74, 6) is -0.591. The van der Waals surface area contributed by atoms with Gasteiger partial charge in [0.1, 0.15) is 19.3 Å². The van der Waals surface area contributed by atoms with Crippen molar-refractivity contribution >= 4 is 19.7 Å². The first-order chi connectivity index (χ1) is 33.4. The molecule has 0 aromatic rings. The van der Waals surface area contributed by atoms with Gasteiger partial charge in [0.05, 0.1) is 33.8 Å². The molecule has 0 aromatic carbocycles. The molecule has 69 heavy (non-hydrogen) atoms. The third-order valence-electron chi connectivity index (χ3n) is 12.1. The molecule has 0 fully saturated rings. The van der Waals surface area contributed by atoms with Crippen molar-refractivity contribution in [3.8, 4) is 0 Å². The molecule has 0 aliphatic carbocycles. The van der Waals surface area contributed by atoms with Crippen molar-refractivity contribution in [3.05, 3.63) is 72.9 Å². The van der Waals surface area contributed by atoms with Crippen LogP contribution in [0.25, 0.3) is 0 Å². The van der Waals surface area contributed by atoms with Crippen LogP contribution in [0, 0.1) is 0 Å². The van der Waals surface area contributed by atoms with Crippen LogP contribution in [0.5, 0.6) is 0 Å². The number of ether oxygens (including phenoxy) is 1.